The first-order chi connectivity index (χ1) is 8.85. The second-order valence-corrected chi connectivity index (χ2v) is 5.22. The fourth-order valence-electron chi connectivity index (χ4n) is 1.95. The van der Waals surface area contributed by atoms with Gasteiger partial charge in [-0.05, 0) is 12.3 Å². The molecule has 0 amide bonds. The van der Waals surface area contributed by atoms with Crippen LogP contribution >= 0.6 is 11.3 Å². The lowest BCUT2D eigenvalue weighted by atomic mass is 10.1. The van der Waals surface area contributed by atoms with Crippen LogP contribution in [-0.4, -0.2) is 28.3 Å². The number of thiazole rings is 1. The van der Waals surface area contributed by atoms with E-state index in [0.29, 0.717) is 24.0 Å². The van der Waals surface area contributed by atoms with E-state index in [4.69, 9.17) is 15.0 Å². The summed E-state index contributed by atoms with van der Waals surface area (Å²) in [6.45, 7) is 2.06. The number of nitrogens with two attached hydrogens (primary N) is 1. The minimum absolute atomic E-state index is 0.436. The van der Waals surface area contributed by atoms with E-state index in [-0.39, 0.29) is 0 Å². The Bertz CT molecular complexity index is 519. The average molecular weight is 266 g/mol. The quantitative estimate of drug-likeness (QED) is 0.895. The van der Waals surface area contributed by atoms with E-state index in [1.165, 1.54) is 11.3 Å². The molecule has 3 rings (SSSR count). The molecule has 0 aliphatic carbocycles. The van der Waals surface area contributed by atoms with Gasteiger partial charge in [-0.1, -0.05) is 5.16 Å². The van der Waals surface area contributed by atoms with Crippen LogP contribution in [0.2, 0.25) is 0 Å². The van der Waals surface area contributed by atoms with Gasteiger partial charge in [-0.2, -0.15) is 4.98 Å². The molecule has 18 heavy (non-hydrogen) atoms. The van der Waals surface area contributed by atoms with Crippen LogP contribution in [0.1, 0.15) is 17.3 Å². The van der Waals surface area contributed by atoms with Crippen molar-refractivity contribution < 1.29 is 9.26 Å². The highest BCUT2D eigenvalue weighted by Gasteiger charge is 2.20. The van der Waals surface area contributed by atoms with Crippen molar-refractivity contribution in [2.24, 2.45) is 11.7 Å². The first-order valence-corrected chi connectivity index (χ1v) is 6.78. The minimum Gasteiger partial charge on any atom is -0.381 e. The van der Waals surface area contributed by atoms with Crippen molar-refractivity contribution in [3.05, 3.63) is 16.2 Å². The second kappa shape index (κ2) is 5.13. The number of ether oxygens (including phenoxy) is 1. The topological polar surface area (TPSA) is 87.1 Å². The predicted molar refractivity (Wildman–Crippen MR) is 65.9 cm³/mol. The van der Waals surface area contributed by atoms with Gasteiger partial charge in [0.1, 0.15) is 10.7 Å². The van der Waals surface area contributed by atoms with E-state index in [1.807, 2.05) is 5.38 Å². The molecule has 0 radical (unpaired) electrons. The molecule has 2 aromatic heterocycles. The van der Waals surface area contributed by atoms with Crippen LogP contribution in [-0.2, 0) is 17.7 Å². The highest BCUT2D eigenvalue weighted by molar-refractivity contribution is 7.09. The molecule has 7 heteroatoms. The number of hydrogen-bond donors (Lipinski definition) is 1. The molecular formula is C11H14N4O2S. The van der Waals surface area contributed by atoms with E-state index in [0.717, 1.165) is 36.9 Å². The number of hydrogen-bond acceptors (Lipinski definition) is 7. The van der Waals surface area contributed by atoms with Crippen LogP contribution in [0.25, 0.3) is 11.6 Å². The highest BCUT2D eigenvalue weighted by atomic mass is 32.1. The molecule has 1 fully saturated rings. The Morgan fingerprint density at radius 1 is 1.44 bits per heavy atom. The Labute approximate surface area is 108 Å². The molecule has 1 aliphatic heterocycles. The van der Waals surface area contributed by atoms with Gasteiger partial charge in [0.15, 0.2) is 5.82 Å². The van der Waals surface area contributed by atoms with Gasteiger partial charge in [0.25, 0.3) is 5.89 Å². The summed E-state index contributed by atoms with van der Waals surface area (Å²) in [4.78, 5) is 8.68. The summed E-state index contributed by atoms with van der Waals surface area (Å²) in [5, 5.41) is 6.74. The summed E-state index contributed by atoms with van der Waals surface area (Å²) in [5.41, 5.74) is 6.23. The first kappa shape index (κ1) is 11.8. The van der Waals surface area contributed by atoms with Gasteiger partial charge in [0.05, 0.1) is 0 Å². The Morgan fingerprint density at radius 3 is 3.11 bits per heavy atom. The minimum atomic E-state index is 0.436. The molecular weight excluding hydrogens is 252 g/mol. The third-order valence-corrected chi connectivity index (χ3v) is 3.78. The summed E-state index contributed by atoms with van der Waals surface area (Å²) in [6.07, 6.45) is 1.87. The molecule has 0 spiro atoms. The highest BCUT2D eigenvalue weighted by Crippen LogP contribution is 2.22. The zero-order chi connectivity index (χ0) is 12.4. The van der Waals surface area contributed by atoms with Crippen LogP contribution in [0, 0.1) is 5.92 Å². The predicted octanol–water partition coefficient (Wildman–Crippen LogP) is 1.23. The lowest BCUT2D eigenvalue weighted by molar-refractivity contribution is 0.185. The van der Waals surface area contributed by atoms with Gasteiger partial charge in [-0.25, -0.2) is 4.98 Å². The number of aromatic nitrogens is 3. The van der Waals surface area contributed by atoms with Crippen LogP contribution in [0.15, 0.2) is 9.90 Å². The molecule has 96 valence electrons. The van der Waals surface area contributed by atoms with Crippen LogP contribution in [0.5, 0.6) is 0 Å². The van der Waals surface area contributed by atoms with Crippen molar-refractivity contribution in [1.29, 1.82) is 0 Å². The van der Waals surface area contributed by atoms with Gasteiger partial charge >= 0.3 is 0 Å². The van der Waals surface area contributed by atoms with Gasteiger partial charge in [0, 0.05) is 31.6 Å². The van der Waals surface area contributed by atoms with Crippen LogP contribution in [0.4, 0.5) is 0 Å². The molecule has 3 heterocycles. The van der Waals surface area contributed by atoms with Gasteiger partial charge < -0.3 is 15.0 Å². The van der Waals surface area contributed by atoms with Crippen molar-refractivity contribution in [1.82, 2.24) is 15.1 Å². The van der Waals surface area contributed by atoms with E-state index in [1.54, 1.807) is 0 Å². The van der Waals surface area contributed by atoms with Crippen LogP contribution < -0.4 is 5.73 Å². The molecule has 2 N–H and O–H groups in total. The third-order valence-electron chi connectivity index (χ3n) is 2.91. The first-order valence-electron chi connectivity index (χ1n) is 5.90. The Balaban J connectivity index is 1.72. The maximum atomic E-state index is 5.52. The molecule has 1 unspecified atom stereocenters. The Hall–Kier alpha value is -1.31. The van der Waals surface area contributed by atoms with E-state index < -0.39 is 0 Å². The lowest BCUT2D eigenvalue weighted by Gasteiger charge is -2.00. The number of rotatable bonds is 4. The smallest absolute Gasteiger partial charge is 0.277 e. The van der Waals surface area contributed by atoms with Crippen molar-refractivity contribution in [3.8, 4) is 11.6 Å². The van der Waals surface area contributed by atoms with Crippen molar-refractivity contribution in [2.75, 3.05) is 13.2 Å². The van der Waals surface area contributed by atoms with Crippen molar-refractivity contribution >= 4 is 11.3 Å². The van der Waals surface area contributed by atoms with Crippen molar-refractivity contribution in [2.45, 2.75) is 19.4 Å². The second-order valence-electron chi connectivity index (χ2n) is 4.28. The van der Waals surface area contributed by atoms with Crippen LogP contribution in [0.3, 0.4) is 0 Å². The van der Waals surface area contributed by atoms with Gasteiger partial charge in [-0.3, -0.25) is 0 Å². The average Bonchev–Trinajstić information content (AvgIpc) is 3.09. The fourth-order valence-corrected chi connectivity index (χ4v) is 2.59. The van der Waals surface area contributed by atoms with Crippen molar-refractivity contribution in [3.63, 3.8) is 0 Å². The largest absolute Gasteiger partial charge is 0.381 e. The Morgan fingerprint density at radius 2 is 2.39 bits per heavy atom. The summed E-state index contributed by atoms with van der Waals surface area (Å²) in [7, 11) is 0. The molecule has 0 bridgehead atoms. The van der Waals surface area contributed by atoms with E-state index >= 15 is 0 Å². The van der Waals surface area contributed by atoms with Gasteiger partial charge in [0.2, 0.25) is 0 Å². The lowest BCUT2D eigenvalue weighted by Crippen LogP contribution is -2.04. The summed E-state index contributed by atoms with van der Waals surface area (Å²) < 4.78 is 10.5. The summed E-state index contributed by atoms with van der Waals surface area (Å²) in [5.74, 6) is 1.70. The summed E-state index contributed by atoms with van der Waals surface area (Å²) in [6, 6.07) is 0. The molecule has 2 aromatic rings. The maximum Gasteiger partial charge on any atom is 0.277 e. The normalized spacial score (nSPS) is 19.5. The van der Waals surface area contributed by atoms with Gasteiger partial charge in [-0.15, -0.1) is 11.3 Å². The standard InChI is InChI=1S/C11H14N4O2S/c12-4-10-13-8(6-18-10)11-14-9(15-17-11)3-7-1-2-16-5-7/h6-7H,1-5,12H2. The SMILES string of the molecule is NCc1nc(-c2nc(CC3CCOC3)no2)cs1. The zero-order valence-electron chi connectivity index (χ0n) is 9.83. The number of nitrogens with zero attached hydrogens (tertiary/aromatic N) is 3. The molecule has 1 atom stereocenters. The fraction of sp³-hybridized carbons (Fsp3) is 0.545. The monoisotopic (exact) mass is 266 g/mol. The summed E-state index contributed by atoms with van der Waals surface area (Å²) >= 11 is 1.50. The molecule has 6 nitrogen and oxygen atoms in total. The molecule has 1 aliphatic rings. The van der Waals surface area contributed by atoms with E-state index in [9.17, 15) is 0 Å². The molecule has 0 aromatic carbocycles. The molecule has 0 saturated carbocycles. The molecule has 1 saturated heterocycles. The maximum absolute atomic E-state index is 5.52. The third kappa shape index (κ3) is 2.43. The van der Waals surface area contributed by atoms with E-state index in [2.05, 4.69) is 15.1 Å². The Kier molecular flexibility index (Phi) is 3.35. The zero-order valence-corrected chi connectivity index (χ0v) is 10.7.